The lowest BCUT2D eigenvalue weighted by atomic mass is 9.94. The van der Waals surface area contributed by atoms with Gasteiger partial charge in [-0.3, -0.25) is 0 Å². The Kier molecular flexibility index (Phi) is 4.36. The number of aryl methyl sites for hydroxylation is 1. The fourth-order valence-electron chi connectivity index (χ4n) is 2.53. The number of nitrogens with two attached hydrogens (primary N) is 1. The fraction of sp³-hybridized carbons (Fsp3) is 0.692. The summed E-state index contributed by atoms with van der Waals surface area (Å²) in [5.74, 6) is 3.54. The molecule has 0 atom stereocenters. The van der Waals surface area contributed by atoms with Crippen LogP contribution in [-0.4, -0.2) is 36.6 Å². The van der Waals surface area contributed by atoms with Crippen molar-refractivity contribution in [1.29, 1.82) is 0 Å². The van der Waals surface area contributed by atoms with Crippen molar-refractivity contribution in [2.75, 3.05) is 36.9 Å². The Morgan fingerprint density at radius 3 is 2.72 bits per heavy atom. The molecule has 5 nitrogen and oxygen atoms in total. The molecular weight excluding hydrogens is 226 g/mol. The zero-order valence-corrected chi connectivity index (χ0v) is 11.3. The van der Waals surface area contributed by atoms with Crippen molar-refractivity contribution in [2.24, 2.45) is 11.7 Å². The monoisotopic (exact) mass is 249 g/mol. The van der Waals surface area contributed by atoms with Gasteiger partial charge in [0.25, 0.3) is 0 Å². The molecule has 0 bridgehead atoms. The molecule has 0 aromatic carbocycles. The van der Waals surface area contributed by atoms with E-state index in [1.165, 1.54) is 12.8 Å². The van der Waals surface area contributed by atoms with Gasteiger partial charge >= 0.3 is 0 Å². The van der Waals surface area contributed by atoms with E-state index in [2.05, 4.69) is 20.2 Å². The molecule has 0 radical (unpaired) electrons. The summed E-state index contributed by atoms with van der Waals surface area (Å²) in [5.41, 5.74) is 5.62. The van der Waals surface area contributed by atoms with Crippen LogP contribution < -0.4 is 16.0 Å². The Bertz CT molecular complexity index is 385. The van der Waals surface area contributed by atoms with Crippen molar-refractivity contribution in [3.05, 3.63) is 11.9 Å². The highest BCUT2D eigenvalue weighted by molar-refractivity contribution is 5.49. The van der Waals surface area contributed by atoms with Crippen LogP contribution in [0.3, 0.4) is 0 Å². The Labute approximate surface area is 109 Å². The van der Waals surface area contributed by atoms with Crippen LogP contribution >= 0.6 is 0 Å². The van der Waals surface area contributed by atoms with Gasteiger partial charge in [0.1, 0.15) is 17.5 Å². The number of hydrogen-bond acceptors (Lipinski definition) is 5. The summed E-state index contributed by atoms with van der Waals surface area (Å²) in [5, 5.41) is 3.08. The molecule has 2 rings (SSSR count). The van der Waals surface area contributed by atoms with Crippen LogP contribution in [0.1, 0.15) is 25.1 Å². The van der Waals surface area contributed by atoms with Gasteiger partial charge in [-0.1, -0.05) is 0 Å². The molecule has 0 saturated carbocycles. The number of piperidine rings is 1. The van der Waals surface area contributed by atoms with Crippen LogP contribution in [0.4, 0.5) is 11.6 Å². The third-order valence-corrected chi connectivity index (χ3v) is 3.59. The van der Waals surface area contributed by atoms with Crippen molar-refractivity contribution in [1.82, 2.24) is 9.97 Å². The number of anilines is 2. The van der Waals surface area contributed by atoms with E-state index >= 15 is 0 Å². The molecule has 0 amide bonds. The third kappa shape index (κ3) is 3.10. The van der Waals surface area contributed by atoms with Gasteiger partial charge in [-0.15, -0.1) is 0 Å². The highest BCUT2D eigenvalue weighted by atomic mass is 15.2. The van der Waals surface area contributed by atoms with Crippen LogP contribution in [0.2, 0.25) is 0 Å². The van der Waals surface area contributed by atoms with Crippen LogP contribution in [0.25, 0.3) is 0 Å². The van der Waals surface area contributed by atoms with E-state index < -0.39 is 0 Å². The highest BCUT2D eigenvalue weighted by Crippen LogP contribution is 2.24. The minimum atomic E-state index is 0.790. The second kappa shape index (κ2) is 6.00. The summed E-state index contributed by atoms with van der Waals surface area (Å²) >= 11 is 0. The molecule has 1 aromatic rings. The van der Waals surface area contributed by atoms with Crippen molar-refractivity contribution in [3.63, 3.8) is 0 Å². The molecule has 0 spiro atoms. The summed E-state index contributed by atoms with van der Waals surface area (Å²) in [7, 11) is 1.89. The van der Waals surface area contributed by atoms with E-state index in [9.17, 15) is 0 Å². The maximum Gasteiger partial charge on any atom is 0.134 e. The van der Waals surface area contributed by atoms with Gasteiger partial charge < -0.3 is 16.0 Å². The number of rotatable bonds is 4. The molecule has 0 unspecified atom stereocenters. The molecular formula is C13H23N5. The van der Waals surface area contributed by atoms with Gasteiger partial charge in [-0.2, -0.15) is 0 Å². The summed E-state index contributed by atoms with van der Waals surface area (Å²) in [4.78, 5) is 11.2. The molecule has 2 heterocycles. The Morgan fingerprint density at radius 1 is 1.39 bits per heavy atom. The molecule has 0 aliphatic carbocycles. The highest BCUT2D eigenvalue weighted by Gasteiger charge is 2.20. The smallest absolute Gasteiger partial charge is 0.134 e. The predicted octanol–water partition coefficient (Wildman–Crippen LogP) is 1.39. The maximum atomic E-state index is 5.62. The van der Waals surface area contributed by atoms with E-state index in [1.54, 1.807) is 0 Å². The van der Waals surface area contributed by atoms with E-state index in [0.29, 0.717) is 0 Å². The maximum absolute atomic E-state index is 5.62. The summed E-state index contributed by atoms with van der Waals surface area (Å²) in [6, 6.07) is 2.02. The molecule has 1 aliphatic heterocycles. The standard InChI is InChI=1S/C13H23N5/c1-10-16-12(15-2)9-13(17-10)18-7-4-11(3-6-14)5-8-18/h9,11H,3-8,14H2,1-2H3,(H,15,16,17). The zero-order valence-electron chi connectivity index (χ0n) is 11.3. The van der Waals surface area contributed by atoms with Crippen LogP contribution in [0.5, 0.6) is 0 Å². The van der Waals surface area contributed by atoms with Crippen molar-refractivity contribution < 1.29 is 0 Å². The minimum Gasteiger partial charge on any atom is -0.373 e. The second-order valence-corrected chi connectivity index (χ2v) is 4.92. The topological polar surface area (TPSA) is 67.1 Å². The largest absolute Gasteiger partial charge is 0.373 e. The Balaban J connectivity index is 2.02. The molecule has 5 heteroatoms. The van der Waals surface area contributed by atoms with Crippen LogP contribution in [0, 0.1) is 12.8 Å². The van der Waals surface area contributed by atoms with Crippen molar-refractivity contribution in [2.45, 2.75) is 26.2 Å². The SMILES string of the molecule is CNc1cc(N2CCC(CCN)CC2)nc(C)n1. The average Bonchev–Trinajstić information content (AvgIpc) is 2.39. The minimum absolute atomic E-state index is 0.790. The Hall–Kier alpha value is -1.36. The summed E-state index contributed by atoms with van der Waals surface area (Å²) < 4.78 is 0. The normalized spacial score (nSPS) is 16.9. The quantitative estimate of drug-likeness (QED) is 0.844. The zero-order chi connectivity index (χ0) is 13.0. The molecule has 1 fully saturated rings. The molecule has 18 heavy (non-hydrogen) atoms. The van der Waals surface area contributed by atoms with Crippen molar-refractivity contribution >= 4 is 11.6 Å². The second-order valence-electron chi connectivity index (χ2n) is 4.92. The van der Waals surface area contributed by atoms with E-state index in [-0.39, 0.29) is 0 Å². The molecule has 100 valence electrons. The van der Waals surface area contributed by atoms with E-state index in [4.69, 9.17) is 5.73 Å². The van der Waals surface area contributed by atoms with E-state index in [0.717, 1.165) is 49.4 Å². The van der Waals surface area contributed by atoms with Crippen LogP contribution in [0.15, 0.2) is 6.07 Å². The molecule has 1 aromatic heterocycles. The lowest BCUT2D eigenvalue weighted by molar-refractivity contribution is 0.385. The van der Waals surface area contributed by atoms with Gasteiger partial charge in [0, 0.05) is 26.2 Å². The van der Waals surface area contributed by atoms with Gasteiger partial charge in [0.05, 0.1) is 0 Å². The van der Waals surface area contributed by atoms with Crippen molar-refractivity contribution in [3.8, 4) is 0 Å². The van der Waals surface area contributed by atoms with Gasteiger partial charge in [0.2, 0.25) is 0 Å². The first-order valence-electron chi connectivity index (χ1n) is 6.71. The van der Waals surface area contributed by atoms with E-state index in [1.807, 2.05) is 20.0 Å². The molecule has 1 aliphatic rings. The van der Waals surface area contributed by atoms with Gasteiger partial charge in [-0.25, -0.2) is 9.97 Å². The predicted molar refractivity (Wildman–Crippen MR) is 74.9 cm³/mol. The number of nitrogens with one attached hydrogen (secondary N) is 1. The number of aromatic nitrogens is 2. The van der Waals surface area contributed by atoms with Gasteiger partial charge in [-0.05, 0) is 38.6 Å². The summed E-state index contributed by atoms with van der Waals surface area (Å²) in [6.45, 7) is 4.89. The molecule has 3 N–H and O–H groups in total. The first-order valence-corrected chi connectivity index (χ1v) is 6.71. The lowest BCUT2D eigenvalue weighted by Crippen LogP contribution is -2.35. The fourth-order valence-corrected chi connectivity index (χ4v) is 2.53. The van der Waals surface area contributed by atoms with Crippen LogP contribution in [-0.2, 0) is 0 Å². The third-order valence-electron chi connectivity index (χ3n) is 3.59. The first-order chi connectivity index (χ1) is 8.72. The van der Waals surface area contributed by atoms with Gasteiger partial charge in [0.15, 0.2) is 0 Å². The average molecular weight is 249 g/mol. The molecule has 1 saturated heterocycles. The number of nitrogens with zero attached hydrogens (tertiary/aromatic N) is 3. The lowest BCUT2D eigenvalue weighted by Gasteiger charge is -2.32. The summed E-state index contributed by atoms with van der Waals surface area (Å²) in [6.07, 6.45) is 3.59. The first kappa shape index (κ1) is 13.1. The Morgan fingerprint density at radius 2 is 2.11 bits per heavy atom. The number of hydrogen-bond donors (Lipinski definition) is 2.